The van der Waals surface area contributed by atoms with E-state index in [1.807, 2.05) is 44.2 Å². The summed E-state index contributed by atoms with van der Waals surface area (Å²) in [5.74, 6) is -0.0744. The van der Waals surface area contributed by atoms with Crippen molar-refractivity contribution in [1.82, 2.24) is 0 Å². The summed E-state index contributed by atoms with van der Waals surface area (Å²) in [5, 5.41) is 4.45. The second-order valence-corrected chi connectivity index (χ2v) is 5.88. The number of halogens is 1. The molecule has 0 saturated carbocycles. The number of rotatable bonds is 3. The number of hydrogen-bond acceptors (Lipinski definition) is 2. The molecule has 0 spiro atoms. The molecule has 1 N–H and O–H groups in total. The number of hydrogen-bond donors (Lipinski definition) is 1. The summed E-state index contributed by atoms with van der Waals surface area (Å²) in [6, 6.07) is 11.3. The molecule has 2 aromatic carbocycles. The van der Waals surface area contributed by atoms with Gasteiger partial charge < -0.3 is 9.73 Å². The van der Waals surface area contributed by atoms with Gasteiger partial charge in [-0.2, -0.15) is 0 Å². The molecular weight excluding hydrogens is 298 g/mol. The fourth-order valence-corrected chi connectivity index (χ4v) is 2.68. The second kappa shape index (κ2) is 5.85. The first-order chi connectivity index (χ1) is 10.5. The Hall–Kier alpha value is -2.26. The van der Waals surface area contributed by atoms with Crippen molar-refractivity contribution in [2.24, 2.45) is 0 Å². The molecule has 3 aromatic rings. The minimum atomic E-state index is -0.0744. The molecule has 0 aliphatic heterocycles. The molecular formula is C18H16ClNO2. The Morgan fingerprint density at radius 1 is 1.18 bits per heavy atom. The van der Waals surface area contributed by atoms with E-state index in [0.29, 0.717) is 5.02 Å². The van der Waals surface area contributed by atoms with Crippen LogP contribution in [0.5, 0.6) is 0 Å². The molecule has 1 aromatic heterocycles. The molecule has 0 radical (unpaired) electrons. The molecule has 1 heterocycles. The second-order valence-electron chi connectivity index (χ2n) is 5.44. The van der Waals surface area contributed by atoms with Gasteiger partial charge in [-0.25, -0.2) is 0 Å². The van der Waals surface area contributed by atoms with Gasteiger partial charge in [0.15, 0.2) is 0 Å². The average molecular weight is 314 g/mol. The number of fused-ring (bicyclic) bond motifs is 1. The predicted octanol–water partition coefficient (Wildman–Crippen LogP) is 4.88. The van der Waals surface area contributed by atoms with E-state index >= 15 is 0 Å². The monoisotopic (exact) mass is 313 g/mol. The number of carbonyl (C=O) groups is 1. The van der Waals surface area contributed by atoms with Crippen LogP contribution in [0.4, 0.5) is 5.69 Å². The van der Waals surface area contributed by atoms with Gasteiger partial charge in [0, 0.05) is 21.7 Å². The molecule has 0 unspecified atom stereocenters. The van der Waals surface area contributed by atoms with Crippen LogP contribution in [0.15, 0.2) is 47.1 Å². The standard InChI is InChI=1S/C18H16ClNO2/c1-11-3-5-16(12(2)7-11)20-18(21)8-13-10-22-17-6-4-14(19)9-15(13)17/h3-7,9-10H,8H2,1-2H3,(H,20,21). The molecule has 112 valence electrons. The zero-order valence-corrected chi connectivity index (χ0v) is 13.2. The Labute approximate surface area is 133 Å². The van der Waals surface area contributed by atoms with Crippen molar-refractivity contribution < 1.29 is 9.21 Å². The predicted molar refractivity (Wildman–Crippen MR) is 89.5 cm³/mol. The van der Waals surface area contributed by atoms with E-state index in [4.69, 9.17) is 16.0 Å². The fourth-order valence-electron chi connectivity index (χ4n) is 2.51. The maximum atomic E-state index is 12.3. The van der Waals surface area contributed by atoms with Crippen molar-refractivity contribution in [2.75, 3.05) is 5.32 Å². The third-order valence-corrected chi connectivity index (χ3v) is 3.86. The molecule has 0 bridgehead atoms. The van der Waals surface area contributed by atoms with E-state index in [1.165, 1.54) is 5.56 Å². The highest BCUT2D eigenvalue weighted by molar-refractivity contribution is 6.31. The number of benzene rings is 2. The maximum absolute atomic E-state index is 12.3. The molecule has 0 saturated heterocycles. The van der Waals surface area contributed by atoms with E-state index in [0.717, 1.165) is 27.8 Å². The number of aryl methyl sites for hydroxylation is 2. The van der Waals surface area contributed by atoms with Gasteiger partial charge in [-0.3, -0.25) is 4.79 Å². The molecule has 3 rings (SSSR count). The Bertz CT molecular complexity index is 851. The minimum absolute atomic E-state index is 0.0744. The van der Waals surface area contributed by atoms with Crippen LogP contribution in [0.3, 0.4) is 0 Å². The summed E-state index contributed by atoms with van der Waals surface area (Å²) < 4.78 is 5.46. The van der Waals surface area contributed by atoms with Crippen LogP contribution < -0.4 is 5.32 Å². The van der Waals surface area contributed by atoms with Crippen LogP contribution >= 0.6 is 11.6 Å². The molecule has 3 nitrogen and oxygen atoms in total. The van der Waals surface area contributed by atoms with Crippen molar-refractivity contribution in [3.05, 3.63) is 64.4 Å². The van der Waals surface area contributed by atoms with Crippen molar-refractivity contribution in [3.63, 3.8) is 0 Å². The lowest BCUT2D eigenvalue weighted by molar-refractivity contribution is -0.115. The van der Waals surface area contributed by atoms with Crippen molar-refractivity contribution in [1.29, 1.82) is 0 Å². The molecule has 0 aliphatic carbocycles. The SMILES string of the molecule is Cc1ccc(NC(=O)Cc2coc3ccc(Cl)cc23)c(C)c1. The zero-order chi connectivity index (χ0) is 15.7. The highest BCUT2D eigenvalue weighted by Crippen LogP contribution is 2.25. The maximum Gasteiger partial charge on any atom is 0.228 e. The van der Waals surface area contributed by atoms with Crippen LogP contribution in [0.2, 0.25) is 5.02 Å². The fraction of sp³-hybridized carbons (Fsp3) is 0.167. The molecule has 0 atom stereocenters. The third kappa shape index (κ3) is 3.00. The molecule has 4 heteroatoms. The first kappa shape index (κ1) is 14.7. The summed E-state index contributed by atoms with van der Waals surface area (Å²) in [5.41, 5.74) is 4.62. The summed E-state index contributed by atoms with van der Waals surface area (Å²) in [6.07, 6.45) is 1.86. The van der Waals surface area contributed by atoms with Crippen LogP contribution in [0.1, 0.15) is 16.7 Å². The number of nitrogens with one attached hydrogen (secondary N) is 1. The lowest BCUT2D eigenvalue weighted by Crippen LogP contribution is -2.15. The first-order valence-corrected chi connectivity index (χ1v) is 7.43. The van der Waals surface area contributed by atoms with Crippen molar-refractivity contribution in [3.8, 4) is 0 Å². The average Bonchev–Trinajstić information content (AvgIpc) is 2.84. The Morgan fingerprint density at radius 2 is 2.00 bits per heavy atom. The lowest BCUT2D eigenvalue weighted by atomic mass is 10.1. The van der Waals surface area contributed by atoms with Gasteiger partial charge in [-0.15, -0.1) is 0 Å². The van der Waals surface area contributed by atoms with Crippen molar-refractivity contribution in [2.45, 2.75) is 20.3 Å². The number of anilines is 1. The molecule has 0 aliphatic rings. The van der Waals surface area contributed by atoms with E-state index in [9.17, 15) is 4.79 Å². The molecule has 1 amide bonds. The quantitative estimate of drug-likeness (QED) is 0.748. The van der Waals surface area contributed by atoms with E-state index in [1.54, 1.807) is 12.3 Å². The summed E-state index contributed by atoms with van der Waals surface area (Å²) in [7, 11) is 0. The Balaban J connectivity index is 1.79. The van der Waals surface area contributed by atoms with Gasteiger partial charge in [0.1, 0.15) is 5.58 Å². The van der Waals surface area contributed by atoms with Gasteiger partial charge in [-0.05, 0) is 43.7 Å². The van der Waals surface area contributed by atoms with Gasteiger partial charge in [0.05, 0.1) is 12.7 Å². The lowest BCUT2D eigenvalue weighted by Gasteiger charge is -2.08. The van der Waals surface area contributed by atoms with Crippen LogP contribution in [0, 0.1) is 13.8 Å². The molecule has 22 heavy (non-hydrogen) atoms. The normalized spacial score (nSPS) is 10.9. The van der Waals surface area contributed by atoms with Crippen LogP contribution in [-0.2, 0) is 11.2 Å². The van der Waals surface area contributed by atoms with Gasteiger partial charge in [-0.1, -0.05) is 29.3 Å². The smallest absolute Gasteiger partial charge is 0.228 e. The minimum Gasteiger partial charge on any atom is -0.464 e. The van der Waals surface area contributed by atoms with Crippen LogP contribution in [0.25, 0.3) is 11.0 Å². The van der Waals surface area contributed by atoms with E-state index < -0.39 is 0 Å². The first-order valence-electron chi connectivity index (χ1n) is 7.05. The van der Waals surface area contributed by atoms with E-state index in [2.05, 4.69) is 5.32 Å². The summed E-state index contributed by atoms with van der Waals surface area (Å²) in [6.45, 7) is 4.01. The van der Waals surface area contributed by atoms with Crippen molar-refractivity contribution >= 4 is 34.2 Å². The number of amides is 1. The Kier molecular flexibility index (Phi) is 3.90. The highest BCUT2D eigenvalue weighted by Gasteiger charge is 2.12. The highest BCUT2D eigenvalue weighted by atomic mass is 35.5. The third-order valence-electron chi connectivity index (χ3n) is 3.62. The van der Waals surface area contributed by atoms with Gasteiger partial charge in [0.2, 0.25) is 5.91 Å². The zero-order valence-electron chi connectivity index (χ0n) is 12.4. The summed E-state index contributed by atoms with van der Waals surface area (Å²) >= 11 is 6.01. The van der Waals surface area contributed by atoms with E-state index in [-0.39, 0.29) is 12.3 Å². The number of carbonyl (C=O) groups excluding carboxylic acids is 1. The topological polar surface area (TPSA) is 42.2 Å². The Morgan fingerprint density at radius 3 is 2.77 bits per heavy atom. The largest absolute Gasteiger partial charge is 0.464 e. The number of furan rings is 1. The van der Waals surface area contributed by atoms with Gasteiger partial charge in [0.25, 0.3) is 0 Å². The molecule has 0 fully saturated rings. The van der Waals surface area contributed by atoms with Gasteiger partial charge >= 0.3 is 0 Å². The summed E-state index contributed by atoms with van der Waals surface area (Å²) in [4.78, 5) is 12.3. The van der Waals surface area contributed by atoms with Crippen LogP contribution in [-0.4, -0.2) is 5.91 Å².